The summed E-state index contributed by atoms with van der Waals surface area (Å²) in [7, 11) is 11.0. The number of aryl methyl sites for hydroxylation is 1. The topological polar surface area (TPSA) is 20.2 Å². The average Bonchev–Trinajstić information content (AvgIpc) is 3.34. The molecule has 0 saturated heterocycles. The fourth-order valence-corrected chi connectivity index (χ4v) is 2.71. The first-order chi connectivity index (χ1) is 13.7. The Labute approximate surface area is 189 Å². The van der Waals surface area contributed by atoms with Gasteiger partial charge in [0.2, 0.25) is 0 Å². The molecular weight excluding hydrogens is 482 g/mol. The van der Waals surface area contributed by atoms with E-state index in [0.29, 0.717) is 0 Å². The molecule has 0 aromatic heterocycles. The van der Waals surface area contributed by atoms with Gasteiger partial charge in [0.25, 0.3) is 0 Å². The van der Waals surface area contributed by atoms with Crippen molar-refractivity contribution in [1.82, 2.24) is 0 Å². The van der Waals surface area contributed by atoms with Gasteiger partial charge in [-0.15, -0.1) is 70.3 Å². The van der Waals surface area contributed by atoms with E-state index in [-0.39, 0.29) is 6.61 Å². The van der Waals surface area contributed by atoms with Crippen molar-refractivity contribution in [3.05, 3.63) is 84.4 Å². The Morgan fingerprint density at radius 1 is 0.929 bits per heavy atom. The van der Waals surface area contributed by atoms with Crippen LogP contribution in [-0.2, 0) is 27.3 Å². The minimum Gasteiger partial charge on any atom is -0.168 e. The average molecular weight is 509 g/mol. The first-order valence-electron chi connectivity index (χ1n) is 9.10. The summed E-state index contributed by atoms with van der Waals surface area (Å²) in [5.74, 6) is 0. The third kappa shape index (κ3) is 9.67. The summed E-state index contributed by atoms with van der Waals surface area (Å²) in [4.78, 5) is 0. The third-order valence-electron chi connectivity index (χ3n) is 3.85. The van der Waals surface area contributed by atoms with Crippen molar-refractivity contribution in [1.29, 1.82) is 0 Å². The van der Waals surface area contributed by atoms with Crippen LogP contribution in [-0.4, -0.2) is 21.2 Å². The van der Waals surface area contributed by atoms with Gasteiger partial charge in [0.15, 0.2) is 0 Å². The number of aliphatic hydroxyl groups is 1. The second kappa shape index (κ2) is 16.1. The van der Waals surface area contributed by atoms with E-state index in [4.69, 9.17) is 22.1 Å². The van der Waals surface area contributed by atoms with Crippen LogP contribution >= 0.6 is 17.0 Å². The van der Waals surface area contributed by atoms with E-state index >= 15 is 0 Å². The molecule has 0 heterocycles. The van der Waals surface area contributed by atoms with Gasteiger partial charge in [-0.25, -0.2) is 0 Å². The molecule has 0 unspecified atom stereocenters. The smallest absolute Gasteiger partial charge is 0.0809 e. The second-order valence-corrected chi connectivity index (χ2v) is 10.8. The zero-order valence-electron chi connectivity index (χ0n) is 16.3. The fourth-order valence-electron chi connectivity index (χ4n) is 2.71. The molecule has 2 radical (unpaired) electrons. The van der Waals surface area contributed by atoms with Crippen LogP contribution in [0.3, 0.4) is 0 Å². The van der Waals surface area contributed by atoms with Gasteiger partial charge < -0.3 is 5.11 Å². The van der Waals surface area contributed by atoms with Crippen molar-refractivity contribution in [3.63, 3.8) is 0 Å². The number of aliphatic hydroxyl groups excluding tert-OH is 1. The van der Waals surface area contributed by atoms with Gasteiger partial charge in [0.1, 0.15) is 0 Å². The van der Waals surface area contributed by atoms with Crippen LogP contribution in [0.15, 0.2) is 78.9 Å². The molecule has 0 fully saturated rings. The molecule has 1 N–H and O–H groups in total. The number of rotatable bonds is 3. The molecular formula is C23H26Cl2OSiZr. The van der Waals surface area contributed by atoms with Crippen molar-refractivity contribution < 1.29 is 26.0 Å². The van der Waals surface area contributed by atoms with Crippen LogP contribution in [0.1, 0.15) is 12.0 Å². The number of halogens is 2. The summed E-state index contributed by atoms with van der Waals surface area (Å²) < 4.78 is 0. The predicted molar refractivity (Wildman–Crippen MR) is 124 cm³/mol. The minimum atomic E-state index is -0.826. The van der Waals surface area contributed by atoms with E-state index in [1.54, 1.807) is 0 Å². The summed E-state index contributed by atoms with van der Waals surface area (Å²) in [6, 6.07) is 27.4. The number of hydrogen-bond acceptors (Lipinski definition) is 1. The van der Waals surface area contributed by atoms with E-state index in [0.717, 1.165) is 22.4 Å². The molecule has 0 atom stereocenters. The normalized spacial score (nSPS) is 9.32. The number of hydrogen-bond donors (Lipinski definition) is 1. The summed E-state index contributed by atoms with van der Waals surface area (Å²) in [5, 5.41) is 14.0. The Balaban J connectivity index is 0.000000227. The second-order valence-electron chi connectivity index (χ2n) is 6.05. The van der Waals surface area contributed by atoms with Gasteiger partial charge in [-0.3, -0.25) is 0 Å². The van der Waals surface area contributed by atoms with E-state index < -0.39 is 20.8 Å². The molecule has 28 heavy (non-hydrogen) atoms. The van der Waals surface area contributed by atoms with E-state index in [1.807, 2.05) is 0 Å². The van der Waals surface area contributed by atoms with Crippen LogP contribution < -0.4 is 0 Å². The van der Waals surface area contributed by atoms with Gasteiger partial charge >= 0.3 is 37.9 Å². The maximum atomic E-state index is 8.70. The largest absolute Gasteiger partial charge is 0.168 e. The van der Waals surface area contributed by atoms with Gasteiger partial charge in [0, 0.05) is 16.1 Å². The molecule has 4 aromatic carbocycles. The van der Waals surface area contributed by atoms with Crippen LogP contribution in [0, 0.1) is 0 Å². The number of benzene rings is 2. The Morgan fingerprint density at radius 3 is 2.07 bits per heavy atom. The molecule has 0 bridgehead atoms. The van der Waals surface area contributed by atoms with Crippen LogP contribution in [0.5, 0.6) is 0 Å². The van der Waals surface area contributed by atoms with Crippen molar-refractivity contribution in [2.75, 3.05) is 6.61 Å². The molecule has 146 valence electrons. The molecule has 0 aliphatic rings. The van der Waals surface area contributed by atoms with E-state index in [2.05, 4.69) is 92.0 Å². The molecule has 5 heteroatoms. The molecule has 0 amide bonds. The standard InChI is InChI=1S/C12H13O.C9H7.C2H6Si.2ClH.Zr/c13-7-3-4-10-8-11-5-1-2-6-12(11)9-10;1-2-5-9-7-3-6-8(9)4-1;1-3-2;;;/h1-2,5-6,8-9,13H,3-4,7H2;1-7H;1-2H3;2*1H;/q2*-1;;;;+4/p-2. The van der Waals surface area contributed by atoms with Crippen molar-refractivity contribution >= 4 is 48.1 Å². The van der Waals surface area contributed by atoms with Gasteiger partial charge in [-0.2, -0.15) is 23.6 Å². The molecule has 4 aromatic rings. The Kier molecular flexibility index (Phi) is 14.6. The molecule has 1 nitrogen and oxygen atoms in total. The Morgan fingerprint density at radius 2 is 1.50 bits per heavy atom. The summed E-state index contributed by atoms with van der Waals surface area (Å²) in [6.07, 6.45) is 1.83. The first kappa shape index (κ1) is 25.3. The summed E-state index contributed by atoms with van der Waals surface area (Å²) in [5.41, 5.74) is 1.33. The summed E-state index contributed by atoms with van der Waals surface area (Å²) in [6.45, 7) is 4.58. The molecule has 0 aliphatic carbocycles. The fraction of sp³-hybridized carbons (Fsp3) is 0.217. The molecule has 0 saturated carbocycles. The van der Waals surface area contributed by atoms with Crippen LogP contribution in [0.4, 0.5) is 0 Å². The van der Waals surface area contributed by atoms with Crippen LogP contribution in [0.25, 0.3) is 21.5 Å². The first-order valence-corrected chi connectivity index (χ1v) is 17.4. The zero-order valence-corrected chi connectivity index (χ0v) is 21.3. The molecule has 0 spiro atoms. The quantitative estimate of drug-likeness (QED) is 0.229. The van der Waals surface area contributed by atoms with Gasteiger partial charge in [0.05, 0.1) is 0 Å². The SMILES string of the molecule is C[Si]C.OCCCc1cc2ccccc2[cH-]1.[Cl][Zr+2][Cl].c1ccc2[cH-]ccc2c1. The summed E-state index contributed by atoms with van der Waals surface area (Å²) >= 11 is -0.826. The zero-order chi connectivity index (χ0) is 20.6. The monoisotopic (exact) mass is 506 g/mol. The van der Waals surface area contributed by atoms with Gasteiger partial charge in [-0.05, 0) is 12.8 Å². The van der Waals surface area contributed by atoms with E-state index in [1.165, 1.54) is 27.1 Å². The van der Waals surface area contributed by atoms with Gasteiger partial charge in [-0.1, -0.05) is 25.2 Å². The van der Waals surface area contributed by atoms with Crippen molar-refractivity contribution in [2.45, 2.75) is 25.9 Å². The van der Waals surface area contributed by atoms with E-state index in [9.17, 15) is 0 Å². The maximum absolute atomic E-state index is 8.70. The minimum absolute atomic E-state index is 0.279. The molecule has 4 rings (SSSR count). The number of fused-ring (bicyclic) bond motifs is 2. The van der Waals surface area contributed by atoms with Crippen molar-refractivity contribution in [3.8, 4) is 0 Å². The van der Waals surface area contributed by atoms with Crippen LogP contribution in [0.2, 0.25) is 13.1 Å². The predicted octanol–water partition coefficient (Wildman–Crippen LogP) is 7.21. The third-order valence-corrected chi connectivity index (χ3v) is 3.85. The Bertz CT molecular complexity index is 823. The van der Waals surface area contributed by atoms with Crippen molar-refractivity contribution in [2.24, 2.45) is 0 Å². The molecule has 0 aliphatic heterocycles. The Hall–Kier alpha value is -0.700. The maximum Gasteiger partial charge on any atom is -0.0809 e.